The van der Waals surface area contributed by atoms with Gasteiger partial charge < -0.3 is 9.57 Å². The minimum atomic E-state index is -0.828. The van der Waals surface area contributed by atoms with Crippen LogP contribution in [0, 0.1) is 10.1 Å². The maximum Gasteiger partial charge on any atom is 0.338 e. The van der Waals surface area contributed by atoms with Gasteiger partial charge >= 0.3 is 5.97 Å². The second-order valence-electron chi connectivity index (χ2n) is 3.36. The number of carbonyl (C=O) groups excluding carboxylic acids is 1. The van der Waals surface area contributed by atoms with Crippen LogP contribution in [0.5, 0.6) is 0 Å². The Morgan fingerprint density at radius 1 is 1.37 bits per heavy atom. The van der Waals surface area contributed by atoms with E-state index >= 15 is 0 Å². The van der Waals surface area contributed by atoms with Gasteiger partial charge in [-0.05, 0) is 18.2 Å². The number of hydrogen-bond acceptors (Lipinski definition) is 7. The number of benzene rings is 1. The van der Waals surface area contributed by atoms with Crippen molar-refractivity contribution in [2.24, 2.45) is 0 Å². The van der Waals surface area contributed by atoms with Gasteiger partial charge in [0, 0.05) is 16.4 Å². The summed E-state index contributed by atoms with van der Waals surface area (Å²) in [5.41, 5.74) is 0.453. The van der Waals surface area contributed by atoms with Gasteiger partial charge in [-0.15, -0.1) is 22.7 Å². The van der Waals surface area contributed by atoms with Crippen LogP contribution in [0.15, 0.2) is 29.2 Å². The molecule has 0 unspecified atom stereocenters. The van der Waals surface area contributed by atoms with Crippen LogP contribution >= 0.6 is 24.4 Å². The standard InChI is InChI=1S/C11H13NO5S2/c13-11(9-2-1-3-10(18)8-9)16-4-6-19-7-5-17-12(14)15/h1-3,8,18H,4-7H2. The SMILES string of the molecule is O=C(OCCSCCO[N+](=O)[O-])c1cccc(S)c1. The van der Waals surface area contributed by atoms with Crippen molar-refractivity contribution in [1.82, 2.24) is 0 Å². The minimum Gasteiger partial charge on any atom is -0.461 e. The van der Waals surface area contributed by atoms with Crippen molar-refractivity contribution in [3.05, 3.63) is 39.9 Å². The number of thioether (sulfide) groups is 1. The molecular weight excluding hydrogens is 290 g/mol. The lowest BCUT2D eigenvalue weighted by Gasteiger charge is -2.05. The Hall–Kier alpha value is -1.41. The fraction of sp³-hybridized carbons (Fsp3) is 0.364. The van der Waals surface area contributed by atoms with Gasteiger partial charge in [-0.2, -0.15) is 11.8 Å². The molecule has 0 atom stereocenters. The van der Waals surface area contributed by atoms with Gasteiger partial charge in [-0.3, -0.25) is 0 Å². The highest BCUT2D eigenvalue weighted by Gasteiger charge is 2.06. The number of ether oxygens (including phenoxy) is 1. The summed E-state index contributed by atoms with van der Waals surface area (Å²) in [6.45, 7) is 0.284. The fourth-order valence-corrected chi connectivity index (χ4v) is 2.01. The van der Waals surface area contributed by atoms with Crippen LogP contribution in [0.1, 0.15) is 10.4 Å². The third-order valence-corrected chi connectivity index (χ3v) is 3.16. The lowest BCUT2D eigenvalue weighted by atomic mass is 10.2. The molecule has 8 heteroatoms. The quantitative estimate of drug-likeness (QED) is 0.260. The van der Waals surface area contributed by atoms with E-state index in [2.05, 4.69) is 17.5 Å². The van der Waals surface area contributed by atoms with Gasteiger partial charge in [0.15, 0.2) is 0 Å². The molecule has 1 rings (SSSR count). The zero-order chi connectivity index (χ0) is 14.1. The largest absolute Gasteiger partial charge is 0.461 e. The molecule has 0 amide bonds. The Balaban J connectivity index is 2.12. The zero-order valence-electron chi connectivity index (χ0n) is 9.98. The maximum atomic E-state index is 11.6. The average molecular weight is 303 g/mol. The van der Waals surface area contributed by atoms with Crippen LogP contribution in [0.4, 0.5) is 0 Å². The third-order valence-electron chi connectivity index (χ3n) is 1.97. The first-order valence-electron chi connectivity index (χ1n) is 5.41. The summed E-state index contributed by atoms with van der Waals surface area (Å²) in [5.74, 6) is 0.635. The van der Waals surface area contributed by atoms with E-state index in [4.69, 9.17) is 4.74 Å². The van der Waals surface area contributed by atoms with Gasteiger partial charge in [0.25, 0.3) is 5.09 Å². The minimum absolute atomic E-state index is 0.0350. The molecule has 0 heterocycles. The summed E-state index contributed by atoms with van der Waals surface area (Å²) in [6, 6.07) is 6.78. The van der Waals surface area contributed by atoms with Crippen LogP contribution in [-0.4, -0.2) is 35.8 Å². The topological polar surface area (TPSA) is 78.7 Å². The molecule has 0 bridgehead atoms. The molecule has 19 heavy (non-hydrogen) atoms. The summed E-state index contributed by atoms with van der Waals surface area (Å²) in [5, 5.41) is 9.03. The lowest BCUT2D eigenvalue weighted by molar-refractivity contribution is -0.756. The number of nitrogens with zero attached hydrogens (tertiary/aromatic N) is 1. The molecule has 0 saturated heterocycles. The van der Waals surface area contributed by atoms with E-state index in [-0.39, 0.29) is 13.2 Å². The van der Waals surface area contributed by atoms with Crippen LogP contribution in [0.3, 0.4) is 0 Å². The molecule has 1 aromatic rings. The molecule has 0 aliphatic carbocycles. The van der Waals surface area contributed by atoms with E-state index in [0.717, 1.165) is 0 Å². The molecule has 0 saturated carbocycles. The lowest BCUT2D eigenvalue weighted by Crippen LogP contribution is -2.09. The summed E-state index contributed by atoms with van der Waals surface area (Å²) in [7, 11) is 0. The summed E-state index contributed by atoms with van der Waals surface area (Å²) in [4.78, 5) is 26.3. The van der Waals surface area contributed by atoms with E-state index in [1.54, 1.807) is 24.3 Å². The van der Waals surface area contributed by atoms with E-state index in [1.807, 2.05) is 0 Å². The van der Waals surface area contributed by atoms with E-state index in [9.17, 15) is 14.9 Å². The van der Waals surface area contributed by atoms with Crippen molar-refractivity contribution in [2.75, 3.05) is 24.7 Å². The van der Waals surface area contributed by atoms with Gasteiger partial charge in [-0.25, -0.2) is 4.79 Å². The Morgan fingerprint density at radius 2 is 2.11 bits per heavy atom. The molecule has 1 aromatic carbocycles. The molecular formula is C11H13NO5S2. The van der Waals surface area contributed by atoms with Crippen LogP contribution in [-0.2, 0) is 9.57 Å². The number of thiol groups is 1. The molecule has 0 radical (unpaired) electrons. The van der Waals surface area contributed by atoms with Crippen molar-refractivity contribution in [3.63, 3.8) is 0 Å². The highest BCUT2D eigenvalue weighted by atomic mass is 32.2. The first-order valence-corrected chi connectivity index (χ1v) is 7.01. The predicted molar refractivity (Wildman–Crippen MR) is 74.2 cm³/mol. The first kappa shape index (κ1) is 15.6. The normalized spacial score (nSPS) is 9.95. The van der Waals surface area contributed by atoms with Crippen molar-refractivity contribution in [1.29, 1.82) is 0 Å². The van der Waals surface area contributed by atoms with Gasteiger partial charge in [0.2, 0.25) is 0 Å². The van der Waals surface area contributed by atoms with E-state index in [1.165, 1.54) is 11.8 Å². The molecule has 0 aliphatic heterocycles. The van der Waals surface area contributed by atoms with Crippen LogP contribution in [0.25, 0.3) is 0 Å². The van der Waals surface area contributed by atoms with Crippen molar-refractivity contribution < 1.29 is 19.5 Å². The molecule has 0 fully saturated rings. The molecule has 0 spiro atoms. The number of rotatable bonds is 8. The summed E-state index contributed by atoms with van der Waals surface area (Å²) in [6.07, 6.45) is 0. The molecule has 104 valence electrons. The van der Waals surface area contributed by atoms with Gasteiger partial charge in [0.1, 0.15) is 13.2 Å². The van der Waals surface area contributed by atoms with Crippen molar-refractivity contribution in [2.45, 2.75) is 4.90 Å². The molecule has 0 N–H and O–H groups in total. The highest BCUT2D eigenvalue weighted by molar-refractivity contribution is 7.99. The Labute approximate surface area is 120 Å². The predicted octanol–water partition coefficient (Wildman–Crippen LogP) is 2.07. The summed E-state index contributed by atoms with van der Waals surface area (Å²) < 4.78 is 5.04. The third kappa shape index (κ3) is 6.92. The number of hydrogen-bond donors (Lipinski definition) is 1. The Morgan fingerprint density at radius 3 is 2.79 bits per heavy atom. The smallest absolute Gasteiger partial charge is 0.338 e. The second-order valence-corrected chi connectivity index (χ2v) is 5.10. The van der Waals surface area contributed by atoms with Gasteiger partial charge in [-0.1, -0.05) is 6.07 Å². The highest BCUT2D eigenvalue weighted by Crippen LogP contribution is 2.10. The molecule has 0 aromatic heterocycles. The van der Waals surface area contributed by atoms with E-state index in [0.29, 0.717) is 22.0 Å². The van der Waals surface area contributed by atoms with Crippen LogP contribution < -0.4 is 0 Å². The van der Waals surface area contributed by atoms with Crippen LogP contribution in [0.2, 0.25) is 0 Å². The maximum absolute atomic E-state index is 11.6. The van der Waals surface area contributed by atoms with Crippen molar-refractivity contribution >= 4 is 30.4 Å². The number of esters is 1. The van der Waals surface area contributed by atoms with Crippen molar-refractivity contribution in [3.8, 4) is 0 Å². The Bertz CT molecular complexity index is 441. The molecule has 6 nitrogen and oxygen atoms in total. The monoisotopic (exact) mass is 303 g/mol. The Kier molecular flexibility index (Phi) is 7.12. The fourth-order valence-electron chi connectivity index (χ4n) is 1.18. The second kappa shape index (κ2) is 8.65. The molecule has 0 aliphatic rings. The summed E-state index contributed by atoms with van der Waals surface area (Å²) >= 11 is 5.55. The van der Waals surface area contributed by atoms with E-state index < -0.39 is 11.1 Å². The number of carbonyl (C=O) groups is 1. The van der Waals surface area contributed by atoms with Gasteiger partial charge in [0.05, 0.1) is 5.56 Å². The zero-order valence-corrected chi connectivity index (χ0v) is 11.7. The first-order chi connectivity index (χ1) is 9.09. The average Bonchev–Trinajstić information content (AvgIpc) is 2.37.